The third-order valence-electron chi connectivity index (χ3n) is 4.22. The van der Waals surface area contributed by atoms with E-state index >= 15 is 0 Å². The maximum atomic E-state index is 13.0. The number of nitrogens with zero attached hydrogens (tertiary/aromatic N) is 6. The number of tetrazole rings is 1. The van der Waals surface area contributed by atoms with E-state index in [-0.39, 0.29) is 12.5 Å². The fourth-order valence-corrected chi connectivity index (χ4v) is 4.14. The number of carbonyl (C=O) groups excluding carboxylic acids is 1. The van der Waals surface area contributed by atoms with Gasteiger partial charge in [0.2, 0.25) is 0 Å². The highest BCUT2D eigenvalue weighted by Crippen LogP contribution is 2.32. The number of thiazole rings is 1. The van der Waals surface area contributed by atoms with E-state index in [1.807, 2.05) is 37.3 Å². The van der Waals surface area contributed by atoms with E-state index in [9.17, 15) is 4.79 Å². The fraction of sp³-hybridized carbons (Fsp3) is 0.211. The van der Waals surface area contributed by atoms with E-state index in [1.165, 1.54) is 27.9 Å². The van der Waals surface area contributed by atoms with Crippen LogP contribution < -0.4 is 4.90 Å². The molecule has 0 fully saturated rings. The van der Waals surface area contributed by atoms with Gasteiger partial charge in [0.1, 0.15) is 12.9 Å². The van der Waals surface area contributed by atoms with Crippen molar-refractivity contribution in [2.45, 2.75) is 26.9 Å². The summed E-state index contributed by atoms with van der Waals surface area (Å²) in [4.78, 5) is 19.5. The van der Waals surface area contributed by atoms with Crippen molar-refractivity contribution in [2.75, 3.05) is 4.90 Å². The van der Waals surface area contributed by atoms with Crippen LogP contribution in [-0.4, -0.2) is 31.1 Å². The highest BCUT2D eigenvalue weighted by atomic mass is 32.1. The Balaban J connectivity index is 1.72. The monoisotopic (exact) mass is 378 g/mol. The van der Waals surface area contributed by atoms with E-state index < -0.39 is 0 Å². The van der Waals surface area contributed by atoms with Gasteiger partial charge in [-0.15, -0.1) is 5.10 Å². The van der Waals surface area contributed by atoms with Crippen molar-refractivity contribution in [3.05, 3.63) is 65.5 Å². The second-order valence-corrected chi connectivity index (χ2v) is 7.41. The largest absolute Gasteiger partial charge is 0.282 e. The third-order valence-corrected chi connectivity index (χ3v) is 5.25. The normalized spacial score (nSPS) is 11.0. The predicted octanol–water partition coefficient (Wildman–Crippen LogP) is 3.13. The molecule has 1 amide bonds. The number of hydrogen-bond donors (Lipinski definition) is 0. The highest BCUT2D eigenvalue weighted by Gasteiger charge is 2.21. The Morgan fingerprint density at radius 2 is 2.00 bits per heavy atom. The molecule has 136 valence electrons. The number of rotatable bonds is 5. The Hall–Kier alpha value is -3.13. The number of benzene rings is 2. The van der Waals surface area contributed by atoms with Crippen LogP contribution in [-0.2, 0) is 17.9 Å². The first-order valence-corrected chi connectivity index (χ1v) is 9.34. The van der Waals surface area contributed by atoms with Gasteiger partial charge in [-0.2, -0.15) is 0 Å². The van der Waals surface area contributed by atoms with Crippen molar-refractivity contribution in [2.24, 2.45) is 0 Å². The molecule has 0 aliphatic carbocycles. The fourth-order valence-electron chi connectivity index (χ4n) is 2.98. The highest BCUT2D eigenvalue weighted by molar-refractivity contribution is 7.22. The van der Waals surface area contributed by atoms with Gasteiger partial charge >= 0.3 is 0 Å². The van der Waals surface area contributed by atoms with Gasteiger partial charge in [0, 0.05) is 0 Å². The second-order valence-electron chi connectivity index (χ2n) is 6.40. The van der Waals surface area contributed by atoms with Crippen LogP contribution in [0.1, 0.15) is 16.7 Å². The van der Waals surface area contributed by atoms with E-state index in [0.717, 1.165) is 21.3 Å². The summed E-state index contributed by atoms with van der Waals surface area (Å²) in [5, 5.41) is 11.7. The SMILES string of the molecule is Cc1cc(C)c2nc(N(Cc3ccccc3)C(=O)Cn3cnnn3)sc2c1. The molecule has 7 nitrogen and oxygen atoms in total. The lowest BCUT2D eigenvalue weighted by Gasteiger charge is -2.19. The van der Waals surface area contributed by atoms with E-state index in [4.69, 9.17) is 4.98 Å². The van der Waals surface area contributed by atoms with Crippen molar-refractivity contribution < 1.29 is 4.79 Å². The van der Waals surface area contributed by atoms with Crippen molar-refractivity contribution in [3.8, 4) is 0 Å². The molecule has 0 aliphatic rings. The van der Waals surface area contributed by atoms with Crippen molar-refractivity contribution in [1.29, 1.82) is 0 Å². The Morgan fingerprint density at radius 1 is 1.19 bits per heavy atom. The third kappa shape index (κ3) is 3.70. The summed E-state index contributed by atoms with van der Waals surface area (Å²) in [6, 6.07) is 14.1. The zero-order valence-corrected chi connectivity index (χ0v) is 15.8. The molecule has 2 aromatic heterocycles. The molecule has 0 atom stereocenters. The number of fused-ring (bicyclic) bond motifs is 1. The average Bonchev–Trinajstić information content (AvgIpc) is 3.30. The van der Waals surface area contributed by atoms with Gasteiger partial charge in [0.15, 0.2) is 5.13 Å². The molecule has 0 saturated heterocycles. The predicted molar refractivity (Wildman–Crippen MR) is 105 cm³/mol. The molecular formula is C19H18N6OS. The van der Waals surface area contributed by atoms with Crippen LogP contribution in [0.2, 0.25) is 0 Å². The summed E-state index contributed by atoms with van der Waals surface area (Å²) < 4.78 is 2.50. The van der Waals surface area contributed by atoms with Crippen LogP contribution in [0, 0.1) is 13.8 Å². The van der Waals surface area contributed by atoms with Crippen molar-refractivity contribution >= 4 is 32.6 Å². The Morgan fingerprint density at radius 3 is 2.74 bits per heavy atom. The number of amides is 1. The van der Waals surface area contributed by atoms with Crippen LogP contribution >= 0.6 is 11.3 Å². The molecule has 2 heterocycles. The standard InChI is InChI=1S/C19H18N6OS/c1-13-8-14(2)18-16(9-13)27-19(21-18)25(10-15-6-4-3-5-7-15)17(26)11-24-12-20-22-23-24/h3-9,12H,10-11H2,1-2H3. The Labute approximate surface area is 160 Å². The lowest BCUT2D eigenvalue weighted by molar-refractivity contribution is -0.119. The van der Waals surface area contributed by atoms with Gasteiger partial charge in [-0.25, -0.2) is 9.67 Å². The lowest BCUT2D eigenvalue weighted by atomic mass is 10.1. The van der Waals surface area contributed by atoms with E-state index in [0.29, 0.717) is 11.7 Å². The van der Waals surface area contributed by atoms with Crippen LogP contribution in [0.4, 0.5) is 5.13 Å². The minimum Gasteiger partial charge on any atom is -0.282 e. The Bertz CT molecular complexity index is 1070. The van der Waals surface area contributed by atoms with Gasteiger partial charge in [0.25, 0.3) is 5.91 Å². The zero-order valence-electron chi connectivity index (χ0n) is 15.0. The van der Waals surface area contributed by atoms with Crippen molar-refractivity contribution in [1.82, 2.24) is 25.2 Å². The molecular weight excluding hydrogens is 360 g/mol. The zero-order chi connectivity index (χ0) is 18.8. The summed E-state index contributed by atoms with van der Waals surface area (Å²) in [5.41, 5.74) is 4.27. The van der Waals surface area contributed by atoms with E-state index in [1.54, 1.807) is 4.90 Å². The number of hydrogen-bond acceptors (Lipinski definition) is 6. The molecule has 0 N–H and O–H groups in total. The van der Waals surface area contributed by atoms with E-state index in [2.05, 4.69) is 34.6 Å². The molecule has 0 bridgehead atoms. The summed E-state index contributed by atoms with van der Waals surface area (Å²) in [6.07, 6.45) is 1.43. The molecule has 4 rings (SSSR count). The quantitative estimate of drug-likeness (QED) is 0.533. The van der Waals surface area contributed by atoms with Gasteiger partial charge in [-0.05, 0) is 47.0 Å². The summed E-state index contributed by atoms with van der Waals surface area (Å²) in [5.74, 6) is -0.111. The number of aryl methyl sites for hydroxylation is 2. The van der Waals surface area contributed by atoms with Crippen LogP contribution in [0.5, 0.6) is 0 Å². The topological polar surface area (TPSA) is 76.8 Å². The summed E-state index contributed by atoms with van der Waals surface area (Å²) in [7, 11) is 0. The van der Waals surface area contributed by atoms with Crippen LogP contribution in [0.15, 0.2) is 48.8 Å². The average molecular weight is 378 g/mol. The lowest BCUT2D eigenvalue weighted by Crippen LogP contribution is -2.33. The maximum absolute atomic E-state index is 13.0. The first-order chi connectivity index (χ1) is 13.1. The first kappa shape index (κ1) is 17.3. The molecule has 0 saturated carbocycles. The van der Waals surface area contributed by atoms with Crippen LogP contribution in [0.3, 0.4) is 0 Å². The Kier molecular flexibility index (Phi) is 4.64. The van der Waals surface area contributed by atoms with Gasteiger partial charge < -0.3 is 0 Å². The molecule has 8 heteroatoms. The molecule has 4 aromatic rings. The molecule has 27 heavy (non-hydrogen) atoms. The second kappa shape index (κ2) is 7.24. The minimum atomic E-state index is -0.111. The van der Waals surface area contributed by atoms with Gasteiger partial charge in [0.05, 0.1) is 16.8 Å². The maximum Gasteiger partial charge on any atom is 0.250 e. The van der Waals surface area contributed by atoms with Crippen LogP contribution in [0.25, 0.3) is 10.2 Å². The number of carbonyl (C=O) groups is 1. The summed E-state index contributed by atoms with van der Waals surface area (Å²) in [6.45, 7) is 4.62. The van der Waals surface area contributed by atoms with Crippen molar-refractivity contribution in [3.63, 3.8) is 0 Å². The smallest absolute Gasteiger partial charge is 0.250 e. The molecule has 0 spiro atoms. The summed E-state index contributed by atoms with van der Waals surface area (Å²) >= 11 is 1.53. The molecule has 0 unspecified atom stereocenters. The van der Waals surface area contributed by atoms with Gasteiger partial charge in [-0.3, -0.25) is 9.69 Å². The van der Waals surface area contributed by atoms with Gasteiger partial charge in [-0.1, -0.05) is 47.7 Å². The number of aromatic nitrogens is 5. The molecule has 0 aliphatic heterocycles. The minimum absolute atomic E-state index is 0.0633. The molecule has 0 radical (unpaired) electrons. The number of anilines is 1. The molecule has 2 aromatic carbocycles. The first-order valence-electron chi connectivity index (χ1n) is 8.53.